The van der Waals surface area contributed by atoms with Gasteiger partial charge in [0, 0.05) is 35.7 Å². The van der Waals surface area contributed by atoms with E-state index in [0.717, 1.165) is 27.9 Å². The molecule has 5 heteroatoms. The van der Waals surface area contributed by atoms with Gasteiger partial charge in [-0.05, 0) is 12.1 Å². The molecule has 27 heavy (non-hydrogen) atoms. The fourth-order valence-corrected chi connectivity index (χ4v) is 2.80. The highest BCUT2D eigenvalue weighted by molar-refractivity contribution is 5.89. The Balaban J connectivity index is 1.92. The molecule has 1 atom stereocenters. The monoisotopic (exact) mass is 366 g/mol. The predicted octanol–water partition coefficient (Wildman–Crippen LogP) is 3.65. The third-order valence-corrected chi connectivity index (χ3v) is 4.24. The molecule has 3 aromatic rings. The molecule has 0 aliphatic heterocycles. The van der Waals surface area contributed by atoms with Gasteiger partial charge in [-0.3, -0.25) is 0 Å². The highest BCUT2D eigenvalue weighted by Gasteiger charge is 2.12. The molecule has 142 valence electrons. The summed E-state index contributed by atoms with van der Waals surface area (Å²) in [5, 5.41) is 14.3. The maximum atomic E-state index is 10.2. The van der Waals surface area contributed by atoms with Gasteiger partial charge in [0.15, 0.2) is 0 Å². The number of pyridine rings is 1. The van der Waals surface area contributed by atoms with E-state index in [2.05, 4.69) is 5.32 Å². The van der Waals surface area contributed by atoms with Crippen molar-refractivity contribution in [1.29, 1.82) is 0 Å². The first kappa shape index (κ1) is 19.1. The van der Waals surface area contributed by atoms with E-state index in [1.54, 1.807) is 7.11 Å². The third kappa shape index (κ3) is 4.96. The number of hydrogen-bond acceptors (Lipinski definition) is 5. The SMILES string of the molecule is COc1ccc2c(OCC(O)CNC(C)C)cc(-c3ccccc3)nc2c1. The van der Waals surface area contributed by atoms with Crippen LogP contribution in [0.5, 0.6) is 11.5 Å². The van der Waals surface area contributed by atoms with E-state index in [-0.39, 0.29) is 6.61 Å². The lowest BCUT2D eigenvalue weighted by Crippen LogP contribution is -2.35. The van der Waals surface area contributed by atoms with Gasteiger partial charge >= 0.3 is 0 Å². The van der Waals surface area contributed by atoms with Gasteiger partial charge in [-0.25, -0.2) is 4.98 Å². The zero-order valence-corrected chi connectivity index (χ0v) is 16.0. The highest BCUT2D eigenvalue weighted by atomic mass is 16.5. The number of aliphatic hydroxyl groups excluding tert-OH is 1. The summed E-state index contributed by atoms with van der Waals surface area (Å²) >= 11 is 0. The maximum Gasteiger partial charge on any atom is 0.131 e. The number of aliphatic hydroxyl groups is 1. The van der Waals surface area contributed by atoms with Gasteiger partial charge in [0.2, 0.25) is 0 Å². The van der Waals surface area contributed by atoms with Gasteiger partial charge < -0.3 is 19.9 Å². The number of methoxy groups -OCH3 is 1. The van der Waals surface area contributed by atoms with Crippen LogP contribution in [-0.4, -0.2) is 42.5 Å². The first-order chi connectivity index (χ1) is 13.1. The quantitative estimate of drug-likeness (QED) is 0.637. The van der Waals surface area contributed by atoms with Crippen molar-refractivity contribution < 1.29 is 14.6 Å². The van der Waals surface area contributed by atoms with E-state index in [1.807, 2.05) is 68.4 Å². The van der Waals surface area contributed by atoms with Crippen molar-refractivity contribution in [3.05, 3.63) is 54.6 Å². The van der Waals surface area contributed by atoms with Gasteiger partial charge in [0.05, 0.1) is 18.3 Å². The summed E-state index contributed by atoms with van der Waals surface area (Å²) in [7, 11) is 1.64. The summed E-state index contributed by atoms with van der Waals surface area (Å²) in [5.41, 5.74) is 2.62. The van der Waals surface area contributed by atoms with Crippen LogP contribution in [0.15, 0.2) is 54.6 Å². The number of nitrogens with one attached hydrogen (secondary N) is 1. The molecule has 0 bridgehead atoms. The van der Waals surface area contributed by atoms with E-state index in [1.165, 1.54) is 0 Å². The molecular weight excluding hydrogens is 340 g/mol. The topological polar surface area (TPSA) is 63.6 Å². The van der Waals surface area contributed by atoms with Crippen LogP contribution in [-0.2, 0) is 0 Å². The summed E-state index contributed by atoms with van der Waals surface area (Å²) < 4.78 is 11.3. The number of fused-ring (bicyclic) bond motifs is 1. The molecule has 0 saturated heterocycles. The summed E-state index contributed by atoms with van der Waals surface area (Å²) in [6.45, 7) is 4.78. The predicted molar refractivity (Wildman–Crippen MR) is 108 cm³/mol. The molecule has 0 amide bonds. The molecule has 2 aromatic carbocycles. The van der Waals surface area contributed by atoms with Crippen LogP contribution in [0, 0.1) is 0 Å². The lowest BCUT2D eigenvalue weighted by Gasteiger charge is -2.17. The van der Waals surface area contributed by atoms with Gasteiger partial charge in [0.1, 0.15) is 24.2 Å². The number of aromatic nitrogens is 1. The Kier molecular flexibility index (Phi) is 6.27. The smallest absolute Gasteiger partial charge is 0.131 e. The molecule has 0 aliphatic rings. The van der Waals surface area contributed by atoms with Gasteiger partial charge in [-0.1, -0.05) is 44.2 Å². The molecule has 0 spiro atoms. The van der Waals surface area contributed by atoms with Crippen LogP contribution < -0.4 is 14.8 Å². The molecule has 0 fully saturated rings. The average Bonchev–Trinajstić information content (AvgIpc) is 2.70. The number of ether oxygens (including phenoxy) is 2. The van der Waals surface area contributed by atoms with E-state index in [9.17, 15) is 5.11 Å². The number of benzene rings is 2. The standard InChI is InChI=1S/C22H26N2O3/c1-15(2)23-13-17(25)14-27-22-12-20(16-7-5-4-6-8-16)24-21-11-18(26-3)9-10-19(21)22/h4-12,15,17,23,25H,13-14H2,1-3H3. The van der Waals surface area contributed by atoms with Gasteiger partial charge in [0.25, 0.3) is 0 Å². The van der Waals surface area contributed by atoms with Gasteiger partial charge in [-0.15, -0.1) is 0 Å². The van der Waals surface area contributed by atoms with Crippen molar-refractivity contribution in [1.82, 2.24) is 10.3 Å². The Labute approximate surface area is 160 Å². The molecule has 1 heterocycles. The van der Waals surface area contributed by atoms with Crippen LogP contribution in [0.1, 0.15) is 13.8 Å². The van der Waals surface area contributed by atoms with E-state index >= 15 is 0 Å². The largest absolute Gasteiger partial charge is 0.497 e. The molecule has 0 aliphatic carbocycles. The molecule has 1 unspecified atom stereocenters. The Morgan fingerprint density at radius 3 is 2.56 bits per heavy atom. The molecule has 2 N–H and O–H groups in total. The van der Waals surface area contributed by atoms with Crippen molar-refractivity contribution in [3.63, 3.8) is 0 Å². The Morgan fingerprint density at radius 2 is 1.85 bits per heavy atom. The Morgan fingerprint density at radius 1 is 1.07 bits per heavy atom. The van der Waals surface area contributed by atoms with Crippen LogP contribution >= 0.6 is 0 Å². The molecule has 0 saturated carbocycles. The fraction of sp³-hybridized carbons (Fsp3) is 0.318. The second-order valence-corrected chi connectivity index (χ2v) is 6.78. The summed E-state index contributed by atoms with van der Waals surface area (Å²) in [4.78, 5) is 4.77. The molecule has 5 nitrogen and oxygen atoms in total. The average molecular weight is 366 g/mol. The first-order valence-corrected chi connectivity index (χ1v) is 9.15. The van der Waals surface area contributed by atoms with Crippen LogP contribution in [0.25, 0.3) is 22.2 Å². The second-order valence-electron chi connectivity index (χ2n) is 6.78. The normalized spacial score (nSPS) is 12.3. The van der Waals surface area contributed by atoms with Crippen molar-refractivity contribution >= 4 is 10.9 Å². The number of nitrogens with zero attached hydrogens (tertiary/aromatic N) is 1. The van der Waals surface area contributed by atoms with Crippen molar-refractivity contribution in [2.75, 3.05) is 20.3 Å². The Hall–Kier alpha value is -2.63. The molecule has 1 aromatic heterocycles. The highest BCUT2D eigenvalue weighted by Crippen LogP contribution is 2.32. The van der Waals surface area contributed by atoms with E-state index in [4.69, 9.17) is 14.5 Å². The second kappa shape index (κ2) is 8.84. The first-order valence-electron chi connectivity index (χ1n) is 9.15. The summed E-state index contributed by atoms with van der Waals surface area (Å²) in [6.07, 6.45) is -0.589. The minimum absolute atomic E-state index is 0.207. The fourth-order valence-electron chi connectivity index (χ4n) is 2.80. The summed E-state index contributed by atoms with van der Waals surface area (Å²) in [6, 6.07) is 17.9. The van der Waals surface area contributed by atoms with Crippen LogP contribution in [0.3, 0.4) is 0 Å². The van der Waals surface area contributed by atoms with Crippen molar-refractivity contribution in [3.8, 4) is 22.8 Å². The van der Waals surface area contributed by atoms with Crippen LogP contribution in [0.2, 0.25) is 0 Å². The number of hydrogen-bond donors (Lipinski definition) is 2. The molecule has 0 radical (unpaired) electrons. The Bertz CT molecular complexity index is 881. The maximum absolute atomic E-state index is 10.2. The van der Waals surface area contributed by atoms with Crippen molar-refractivity contribution in [2.24, 2.45) is 0 Å². The summed E-state index contributed by atoms with van der Waals surface area (Å²) in [5.74, 6) is 1.44. The zero-order valence-electron chi connectivity index (χ0n) is 16.0. The molecule has 3 rings (SSSR count). The number of rotatable bonds is 8. The van der Waals surface area contributed by atoms with Gasteiger partial charge in [-0.2, -0.15) is 0 Å². The minimum Gasteiger partial charge on any atom is -0.497 e. The van der Waals surface area contributed by atoms with E-state index < -0.39 is 6.10 Å². The minimum atomic E-state index is -0.589. The zero-order chi connectivity index (χ0) is 19.2. The lowest BCUT2D eigenvalue weighted by atomic mass is 10.1. The lowest BCUT2D eigenvalue weighted by molar-refractivity contribution is 0.105. The van der Waals surface area contributed by atoms with E-state index in [0.29, 0.717) is 18.3 Å². The molecular formula is C22H26N2O3. The third-order valence-electron chi connectivity index (χ3n) is 4.24. The van der Waals surface area contributed by atoms with Crippen molar-refractivity contribution in [2.45, 2.75) is 26.0 Å². The van der Waals surface area contributed by atoms with Crippen LogP contribution in [0.4, 0.5) is 0 Å².